The molecule has 0 aliphatic carbocycles. The minimum Gasteiger partial charge on any atom is -0.508 e. The SMILES string of the molecule is CP(CCc1cc(Cl)c(C(=O)NC(Cc2cncc(S(C)(=O)=O)c2)C(=O)O)c(Cl)c1)c1cccc(O)c1. The van der Waals surface area contributed by atoms with Crippen molar-refractivity contribution in [1.29, 1.82) is 0 Å². The number of hydrogen-bond donors (Lipinski definition) is 3. The lowest BCUT2D eigenvalue weighted by Crippen LogP contribution is -2.42. The van der Waals surface area contributed by atoms with Crippen LogP contribution in [0.2, 0.25) is 10.0 Å². The molecule has 0 bridgehead atoms. The zero-order valence-electron chi connectivity index (χ0n) is 20.0. The number of nitrogens with zero attached hydrogens (tertiary/aromatic N) is 1. The quantitative estimate of drug-likeness (QED) is 0.309. The Kier molecular flexibility index (Phi) is 9.53. The van der Waals surface area contributed by atoms with E-state index in [2.05, 4.69) is 17.0 Å². The molecule has 196 valence electrons. The highest BCUT2D eigenvalue weighted by atomic mass is 35.5. The predicted octanol–water partition coefficient (Wildman–Crippen LogP) is 3.90. The first-order valence-electron chi connectivity index (χ1n) is 11.0. The van der Waals surface area contributed by atoms with Crippen molar-refractivity contribution in [2.24, 2.45) is 0 Å². The highest BCUT2D eigenvalue weighted by molar-refractivity contribution is 7.90. The number of amides is 1. The normalized spacial score (nSPS) is 13.1. The van der Waals surface area contributed by atoms with Crippen molar-refractivity contribution in [2.75, 3.05) is 19.1 Å². The van der Waals surface area contributed by atoms with Crippen LogP contribution in [0, 0.1) is 0 Å². The summed E-state index contributed by atoms with van der Waals surface area (Å²) in [5, 5.41) is 23.0. The second kappa shape index (κ2) is 12.2. The Morgan fingerprint density at radius 2 is 1.76 bits per heavy atom. The molecule has 0 aliphatic rings. The number of sulfone groups is 1. The van der Waals surface area contributed by atoms with Crippen LogP contribution in [0.1, 0.15) is 21.5 Å². The Balaban J connectivity index is 1.72. The van der Waals surface area contributed by atoms with E-state index in [-0.39, 0.29) is 32.7 Å². The summed E-state index contributed by atoms with van der Waals surface area (Å²) in [6.45, 7) is 2.10. The summed E-state index contributed by atoms with van der Waals surface area (Å²) in [5.41, 5.74) is 1.10. The Labute approximate surface area is 226 Å². The van der Waals surface area contributed by atoms with Gasteiger partial charge in [-0.3, -0.25) is 9.78 Å². The second-order valence-corrected chi connectivity index (χ2v) is 13.7. The number of aryl methyl sites for hydroxylation is 1. The van der Waals surface area contributed by atoms with Gasteiger partial charge in [0.2, 0.25) is 0 Å². The molecule has 0 spiro atoms. The van der Waals surface area contributed by atoms with Crippen molar-refractivity contribution >= 4 is 58.1 Å². The number of nitrogens with one attached hydrogen (secondary N) is 1. The molecule has 3 aromatic rings. The minimum absolute atomic E-state index is 0.0481. The van der Waals surface area contributed by atoms with Crippen LogP contribution in [0.15, 0.2) is 59.8 Å². The number of pyridine rings is 1. The first-order chi connectivity index (χ1) is 17.3. The molecular weight excluding hydrogens is 558 g/mol. The Bertz CT molecular complexity index is 1410. The number of hydrogen-bond acceptors (Lipinski definition) is 6. The van der Waals surface area contributed by atoms with Crippen molar-refractivity contribution in [3.63, 3.8) is 0 Å². The van der Waals surface area contributed by atoms with Crippen molar-refractivity contribution in [2.45, 2.75) is 23.8 Å². The van der Waals surface area contributed by atoms with Gasteiger partial charge in [0.15, 0.2) is 9.84 Å². The number of phenolic OH excluding ortho intramolecular Hbond substituents is 1. The third-order valence-electron chi connectivity index (χ3n) is 5.58. The predicted molar refractivity (Wildman–Crippen MR) is 146 cm³/mol. The van der Waals surface area contributed by atoms with Crippen LogP contribution in [0.4, 0.5) is 0 Å². The average Bonchev–Trinajstić information content (AvgIpc) is 2.81. The number of carboxylic acids is 1. The molecule has 1 aromatic heterocycles. The van der Waals surface area contributed by atoms with Gasteiger partial charge in [-0.1, -0.05) is 43.3 Å². The molecule has 0 fully saturated rings. The molecule has 2 unspecified atom stereocenters. The van der Waals surface area contributed by atoms with Crippen LogP contribution in [0.25, 0.3) is 0 Å². The third kappa shape index (κ3) is 7.89. The molecule has 2 atom stereocenters. The Morgan fingerprint density at radius 3 is 2.35 bits per heavy atom. The van der Waals surface area contributed by atoms with E-state index in [1.54, 1.807) is 30.3 Å². The number of carbonyl (C=O) groups is 2. The number of carbonyl (C=O) groups excluding carboxylic acids is 1. The maximum atomic E-state index is 12.9. The second-order valence-electron chi connectivity index (χ2n) is 8.50. The fourth-order valence-electron chi connectivity index (χ4n) is 3.59. The number of carboxylic acid groups (broad SMARTS) is 1. The minimum atomic E-state index is -3.53. The van der Waals surface area contributed by atoms with Gasteiger partial charge in [0, 0.05) is 25.1 Å². The highest BCUT2D eigenvalue weighted by Crippen LogP contribution is 2.33. The fraction of sp³-hybridized carbons (Fsp3) is 0.240. The van der Waals surface area contributed by atoms with E-state index < -0.39 is 35.7 Å². The van der Waals surface area contributed by atoms with Crippen molar-refractivity contribution in [3.05, 3.63) is 81.6 Å². The number of benzene rings is 2. The monoisotopic (exact) mass is 582 g/mol. The molecular formula is C25H25Cl2N2O6PS. The van der Waals surface area contributed by atoms with Crippen LogP contribution in [-0.4, -0.2) is 60.6 Å². The van der Waals surface area contributed by atoms with Crippen LogP contribution in [-0.2, 0) is 27.5 Å². The van der Waals surface area contributed by atoms with Crippen LogP contribution >= 0.6 is 31.1 Å². The van der Waals surface area contributed by atoms with E-state index >= 15 is 0 Å². The van der Waals surface area contributed by atoms with Gasteiger partial charge in [-0.05, 0) is 66.0 Å². The van der Waals surface area contributed by atoms with E-state index in [9.17, 15) is 28.2 Å². The van der Waals surface area contributed by atoms with Gasteiger partial charge in [0.1, 0.15) is 11.8 Å². The first kappa shape index (κ1) is 28.9. The molecule has 0 radical (unpaired) electrons. The van der Waals surface area contributed by atoms with Crippen LogP contribution in [0.5, 0.6) is 5.75 Å². The molecule has 2 aromatic carbocycles. The standard InChI is InChI=1S/C25H25Cl2N2O6PS/c1-36(18-5-3-4-17(30)12-18)7-6-15-9-20(26)23(21(27)10-15)24(31)29-22(25(32)33)11-16-8-19(14-28-13-16)37(2,34)35/h3-5,8-10,12-14,22,30H,6-7,11H2,1-2H3,(H,29,31)(H,32,33). The molecule has 0 saturated carbocycles. The number of aromatic nitrogens is 1. The summed E-state index contributed by atoms with van der Waals surface area (Å²) in [6.07, 6.45) is 4.77. The molecule has 8 nitrogen and oxygen atoms in total. The van der Waals surface area contributed by atoms with Crippen molar-refractivity contribution in [1.82, 2.24) is 10.3 Å². The number of halogens is 2. The van der Waals surface area contributed by atoms with Crippen LogP contribution in [0.3, 0.4) is 0 Å². The van der Waals surface area contributed by atoms with Crippen molar-refractivity contribution < 1.29 is 28.2 Å². The topological polar surface area (TPSA) is 134 Å². The maximum absolute atomic E-state index is 12.9. The zero-order chi connectivity index (χ0) is 27.3. The summed E-state index contributed by atoms with van der Waals surface area (Å²) in [7, 11) is -4.07. The van der Waals surface area contributed by atoms with Gasteiger partial charge in [0.05, 0.1) is 20.5 Å². The third-order valence-corrected chi connectivity index (χ3v) is 9.31. The van der Waals surface area contributed by atoms with Gasteiger partial charge in [-0.25, -0.2) is 13.2 Å². The first-order valence-corrected chi connectivity index (χ1v) is 15.6. The van der Waals surface area contributed by atoms with Gasteiger partial charge >= 0.3 is 5.97 Å². The van der Waals surface area contributed by atoms with E-state index in [1.165, 1.54) is 18.5 Å². The van der Waals surface area contributed by atoms with Gasteiger partial charge < -0.3 is 15.5 Å². The summed E-state index contributed by atoms with van der Waals surface area (Å²) in [5.74, 6) is -1.86. The lowest BCUT2D eigenvalue weighted by molar-refractivity contribution is -0.139. The molecule has 1 amide bonds. The molecule has 12 heteroatoms. The molecule has 1 heterocycles. The number of phenols is 1. The molecule has 37 heavy (non-hydrogen) atoms. The zero-order valence-corrected chi connectivity index (χ0v) is 23.2. The Morgan fingerprint density at radius 1 is 1.08 bits per heavy atom. The molecule has 0 aliphatic heterocycles. The van der Waals surface area contributed by atoms with E-state index in [0.717, 1.165) is 23.3 Å². The van der Waals surface area contributed by atoms with Crippen LogP contribution < -0.4 is 10.6 Å². The molecule has 3 N–H and O–H groups in total. The van der Waals surface area contributed by atoms with Crippen molar-refractivity contribution in [3.8, 4) is 5.75 Å². The fourth-order valence-corrected chi connectivity index (χ4v) is 6.45. The smallest absolute Gasteiger partial charge is 0.326 e. The summed E-state index contributed by atoms with van der Waals surface area (Å²) in [6, 6.07) is 10.3. The number of aliphatic carboxylic acids is 1. The van der Waals surface area contributed by atoms with Gasteiger partial charge in [-0.15, -0.1) is 0 Å². The highest BCUT2D eigenvalue weighted by Gasteiger charge is 2.25. The summed E-state index contributed by atoms with van der Waals surface area (Å²) in [4.78, 5) is 28.6. The molecule has 3 rings (SSSR count). The average molecular weight is 583 g/mol. The summed E-state index contributed by atoms with van der Waals surface area (Å²) >= 11 is 12.8. The lowest BCUT2D eigenvalue weighted by atomic mass is 10.1. The van der Waals surface area contributed by atoms with E-state index in [0.29, 0.717) is 12.0 Å². The maximum Gasteiger partial charge on any atom is 0.326 e. The van der Waals surface area contributed by atoms with E-state index in [1.807, 2.05) is 6.07 Å². The van der Waals surface area contributed by atoms with Gasteiger partial charge in [-0.2, -0.15) is 0 Å². The van der Waals surface area contributed by atoms with Gasteiger partial charge in [0.25, 0.3) is 5.91 Å². The lowest BCUT2D eigenvalue weighted by Gasteiger charge is -2.17. The molecule has 0 saturated heterocycles. The number of aromatic hydroxyl groups is 1. The largest absolute Gasteiger partial charge is 0.508 e. The number of rotatable bonds is 10. The summed E-state index contributed by atoms with van der Waals surface area (Å²) < 4.78 is 23.5. The van der Waals surface area contributed by atoms with E-state index in [4.69, 9.17) is 23.2 Å². The Hall–Kier alpha value is -2.71.